The fourth-order valence-corrected chi connectivity index (χ4v) is 6.80. The van der Waals surface area contributed by atoms with Gasteiger partial charge in [-0.2, -0.15) is 4.31 Å². The minimum Gasteiger partial charge on any atom is -0.366 e. The number of carbonyl (C=O) groups excluding carboxylic acids is 1. The number of rotatable bonds is 5. The van der Waals surface area contributed by atoms with Gasteiger partial charge >= 0.3 is 0 Å². The first-order valence-corrected chi connectivity index (χ1v) is 13.1. The van der Waals surface area contributed by atoms with Crippen LogP contribution in [0.4, 0.5) is 11.4 Å². The molecule has 0 unspecified atom stereocenters. The van der Waals surface area contributed by atoms with Crippen molar-refractivity contribution in [2.24, 2.45) is 0 Å². The Balaban J connectivity index is 1.48. The smallest absolute Gasteiger partial charge is 0.293 e. The van der Waals surface area contributed by atoms with E-state index in [2.05, 4.69) is 0 Å². The van der Waals surface area contributed by atoms with Crippen molar-refractivity contribution in [1.29, 1.82) is 0 Å². The van der Waals surface area contributed by atoms with E-state index < -0.39 is 14.9 Å². The SMILES string of the molecule is O=C(c1ccc(N2CCCCCC2)c([N+](=O)[O-])c1)N1CCN(S(=O)(=O)c2cccs2)CC1. The van der Waals surface area contributed by atoms with Crippen molar-refractivity contribution in [2.45, 2.75) is 29.9 Å². The van der Waals surface area contributed by atoms with Crippen LogP contribution in [0, 0.1) is 10.1 Å². The molecule has 4 rings (SSSR count). The molecule has 0 atom stereocenters. The normalized spacial score (nSPS) is 18.4. The lowest BCUT2D eigenvalue weighted by molar-refractivity contribution is -0.384. The van der Waals surface area contributed by atoms with Crippen LogP contribution in [0.3, 0.4) is 0 Å². The van der Waals surface area contributed by atoms with Crippen molar-refractivity contribution < 1.29 is 18.1 Å². The second-order valence-electron chi connectivity index (χ2n) is 7.99. The van der Waals surface area contributed by atoms with Gasteiger partial charge in [-0.05, 0) is 36.4 Å². The average molecular weight is 479 g/mol. The molecule has 1 amide bonds. The van der Waals surface area contributed by atoms with Gasteiger partial charge in [0.15, 0.2) is 0 Å². The van der Waals surface area contributed by atoms with Gasteiger partial charge in [0.1, 0.15) is 9.90 Å². The topological polar surface area (TPSA) is 104 Å². The Labute approximate surface area is 191 Å². The number of sulfonamides is 1. The number of anilines is 1. The number of hydrogen-bond acceptors (Lipinski definition) is 7. The highest BCUT2D eigenvalue weighted by Crippen LogP contribution is 2.32. The average Bonchev–Trinajstić information content (AvgIpc) is 3.22. The summed E-state index contributed by atoms with van der Waals surface area (Å²) in [6.45, 7) is 2.42. The van der Waals surface area contributed by atoms with E-state index in [0.29, 0.717) is 5.69 Å². The Hall–Kier alpha value is -2.50. The summed E-state index contributed by atoms with van der Waals surface area (Å²) in [5.74, 6) is -0.316. The highest BCUT2D eigenvalue weighted by molar-refractivity contribution is 7.91. The molecule has 2 fully saturated rings. The number of nitrogens with zero attached hydrogens (tertiary/aromatic N) is 4. The van der Waals surface area contributed by atoms with Gasteiger partial charge in [-0.3, -0.25) is 14.9 Å². The summed E-state index contributed by atoms with van der Waals surface area (Å²) < 4.78 is 27.0. The third-order valence-electron chi connectivity index (χ3n) is 5.98. The minimum absolute atomic E-state index is 0.0586. The summed E-state index contributed by atoms with van der Waals surface area (Å²) in [5, 5.41) is 13.5. The molecule has 0 bridgehead atoms. The summed E-state index contributed by atoms with van der Waals surface area (Å²) >= 11 is 1.17. The van der Waals surface area contributed by atoms with Crippen molar-refractivity contribution in [1.82, 2.24) is 9.21 Å². The van der Waals surface area contributed by atoms with E-state index in [1.54, 1.807) is 34.5 Å². The first-order valence-electron chi connectivity index (χ1n) is 10.7. The number of nitro groups is 1. The zero-order valence-corrected chi connectivity index (χ0v) is 19.3. The number of amides is 1. The van der Waals surface area contributed by atoms with Gasteiger partial charge in [0, 0.05) is 50.9 Å². The third-order valence-corrected chi connectivity index (χ3v) is 9.25. The predicted octanol–water partition coefficient (Wildman–Crippen LogP) is 3.18. The fraction of sp³-hybridized carbons (Fsp3) is 0.476. The Morgan fingerprint density at radius 3 is 2.25 bits per heavy atom. The summed E-state index contributed by atoms with van der Waals surface area (Å²) in [6.07, 6.45) is 4.23. The minimum atomic E-state index is -3.55. The molecular formula is C21H26N4O5S2. The van der Waals surface area contributed by atoms with E-state index in [4.69, 9.17) is 0 Å². The van der Waals surface area contributed by atoms with Crippen LogP contribution in [0.25, 0.3) is 0 Å². The number of benzene rings is 1. The molecular weight excluding hydrogens is 452 g/mol. The van der Waals surface area contributed by atoms with E-state index in [1.165, 1.54) is 21.7 Å². The number of thiophene rings is 1. The van der Waals surface area contributed by atoms with E-state index in [0.717, 1.165) is 38.8 Å². The zero-order valence-electron chi connectivity index (χ0n) is 17.7. The van der Waals surface area contributed by atoms with Crippen LogP contribution in [-0.4, -0.2) is 67.7 Å². The van der Waals surface area contributed by atoms with Crippen LogP contribution in [0.2, 0.25) is 0 Å². The second-order valence-corrected chi connectivity index (χ2v) is 11.1. The van der Waals surface area contributed by atoms with Crippen LogP contribution in [0.15, 0.2) is 39.9 Å². The van der Waals surface area contributed by atoms with Crippen LogP contribution in [0.5, 0.6) is 0 Å². The van der Waals surface area contributed by atoms with Crippen molar-refractivity contribution in [3.8, 4) is 0 Å². The van der Waals surface area contributed by atoms with Gasteiger partial charge in [-0.15, -0.1) is 11.3 Å². The Kier molecular flexibility index (Phi) is 6.77. The number of nitro benzene ring substituents is 1. The molecule has 0 aliphatic carbocycles. The molecule has 1 aromatic carbocycles. The summed E-state index contributed by atoms with van der Waals surface area (Å²) in [6, 6.07) is 7.94. The first kappa shape index (κ1) is 22.7. The number of piperazine rings is 1. The Morgan fingerprint density at radius 1 is 0.969 bits per heavy atom. The maximum atomic E-state index is 13.0. The fourth-order valence-electron chi connectivity index (χ4n) is 4.23. The maximum absolute atomic E-state index is 13.0. The molecule has 0 N–H and O–H groups in total. The first-order chi connectivity index (χ1) is 15.4. The second kappa shape index (κ2) is 9.55. The van der Waals surface area contributed by atoms with Gasteiger partial charge in [0.05, 0.1) is 4.92 Å². The maximum Gasteiger partial charge on any atom is 0.293 e. The monoisotopic (exact) mass is 478 g/mol. The Morgan fingerprint density at radius 2 is 1.66 bits per heavy atom. The van der Waals surface area contributed by atoms with Crippen LogP contribution < -0.4 is 4.90 Å². The van der Waals surface area contributed by atoms with Crippen LogP contribution >= 0.6 is 11.3 Å². The Bertz CT molecular complexity index is 1070. The molecule has 2 aliphatic heterocycles. The van der Waals surface area contributed by atoms with Crippen molar-refractivity contribution in [3.05, 3.63) is 51.4 Å². The molecule has 32 heavy (non-hydrogen) atoms. The molecule has 3 heterocycles. The lowest BCUT2D eigenvalue weighted by Crippen LogP contribution is -2.50. The lowest BCUT2D eigenvalue weighted by Gasteiger charge is -2.33. The highest BCUT2D eigenvalue weighted by Gasteiger charge is 2.32. The molecule has 2 aliphatic rings. The van der Waals surface area contributed by atoms with E-state index in [9.17, 15) is 23.3 Å². The van der Waals surface area contributed by atoms with Gasteiger partial charge < -0.3 is 9.80 Å². The standard InChI is InChI=1S/C21H26N4O5S2/c26-21(23-11-13-24(14-12-23)32(29,30)20-6-5-15-31-20)17-7-8-18(19(16-17)25(27)28)22-9-3-1-2-4-10-22/h5-8,15-16H,1-4,9-14H2. The van der Waals surface area contributed by atoms with Gasteiger partial charge in [0.2, 0.25) is 0 Å². The van der Waals surface area contributed by atoms with Gasteiger partial charge in [0.25, 0.3) is 21.6 Å². The molecule has 0 spiro atoms. The van der Waals surface area contributed by atoms with Gasteiger partial charge in [-0.1, -0.05) is 18.9 Å². The molecule has 2 saturated heterocycles. The van der Waals surface area contributed by atoms with Crippen molar-refractivity contribution in [3.63, 3.8) is 0 Å². The van der Waals surface area contributed by atoms with Crippen molar-refractivity contribution >= 4 is 38.6 Å². The summed E-state index contributed by atoms with van der Waals surface area (Å²) in [7, 11) is -3.55. The van der Waals surface area contributed by atoms with Crippen LogP contribution in [0.1, 0.15) is 36.0 Å². The quantitative estimate of drug-likeness (QED) is 0.483. The highest BCUT2D eigenvalue weighted by atomic mass is 32.2. The predicted molar refractivity (Wildman–Crippen MR) is 123 cm³/mol. The number of hydrogen-bond donors (Lipinski definition) is 0. The lowest BCUT2D eigenvalue weighted by atomic mass is 10.1. The largest absolute Gasteiger partial charge is 0.366 e. The molecule has 0 radical (unpaired) electrons. The molecule has 2 aromatic rings. The molecule has 9 nitrogen and oxygen atoms in total. The zero-order chi connectivity index (χ0) is 22.7. The molecule has 1 aromatic heterocycles. The van der Waals surface area contributed by atoms with E-state index in [1.807, 2.05) is 4.90 Å². The molecule has 0 saturated carbocycles. The summed E-state index contributed by atoms with van der Waals surface area (Å²) in [5.41, 5.74) is 0.752. The molecule has 11 heteroatoms. The summed E-state index contributed by atoms with van der Waals surface area (Å²) in [4.78, 5) is 27.9. The van der Waals surface area contributed by atoms with Crippen molar-refractivity contribution in [2.75, 3.05) is 44.2 Å². The molecule has 172 valence electrons. The van der Waals surface area contributed by atoms with E-state index >= 15 is 0 Å². The third kappa shape index (κ3) is 4.64. The van der Waals surface area contributed by atoms with E-state index in [-0.39, 0.29) is 47.5 Å². The van der Waals surface area contributed by atoms with Gasteiger partial charge in [-0.25, -0.2) is 8.42 Å². The van der Waals surface area contributed by atoms with Crippen LogP contribution in [-0.2, 0) is 10.0 Å². The number of carbonyl (C=O) groups is 1.